The van der Waals surface area contributed by atoms with Gasteiger partial charge < -0.3 is 10.1 Å². The molecule has 0 aromatic heterocycles. The number of likely N-dealkylation sites (N-methyl/N-ethyl adjacent to an activating group) is 1. The predicted molar refractivity (Wildman–Crippen MR) is 121 cm³/mol. The number of carbonyl (C=O) groups is 2. The van der Waals surface area contributed by atoms with Gasteiger partial charge in [-0.2, -0.15) is 4.74 Å². The van der Waals surface area contributed by atoms with Crippen LogP contribution in [0.2, 0.25) is 5.02 Å². The molecule has 0 radical (unpaired) electrons. The second-order valence-electron chi connectivity index (χ2n) is 7.28. The van der Waals surface area contributed by atoms with E-state index >= 15 is 0 Å². The van der Waals surface area contributed by atoms with Crippen LogP contribution in [0.15, 0.2) is 72.8 Å². The topological polar surface area (TPSA) is 75.5 Å². The van der Waals surface area contributed by atoms with Gasteiger partial charge >= 0.3 is 5.91 Å². The summed E-state index contributed by atoms with van der Waals surface area (Å²) in [5.74, 6) is -1.48. The predicted octanol–water partition coefficient (Wildman–Crippen LogP) is 3.60. The number of halogens is 2. The standard InChI is InChI=1S/C24H19ClFN3O3/c1-28-20-9-5-3-7-18(20)22(17-6-2-4-8-19(17)26)29(32)23(24(28)31)27-14-21(30)15-10-12-16(25)13-11-15/h2-13,23,27H,14H2,1H3. The summed E-state index contributed by atoms with van der Waals surface area (Å²) in [6.45, 7) is -0.272. The number of rotatable bonds is 5. The molecule has 1 aliphatic rings. The number of anilines is 1. The van der Waals surface area contributed by atoms with Gasteiger partial charge in [0.15, 0.2) is 5.78 Å². The maximum absolute atomic E-state index is 14.7. The van der Waals surface area contributed by atoms with Crippen molar-refractivity contribution in [2.75, 3.05) is 18.5 Å². The smallest absolute Gasteiger partial charge is 0.313 e. The third-order valence-corrected chi connectivity index (χ3v) is 5.54. The largest absolute Gasteiger partial charge is 0.622 e. The third kappa shape index (κ3) is 4.00. The number of hydrogen-bond acceptors (Lipinski definition) is 4. The number of hydrogen-bond donors (Lipinski definition) is 1. The molecular formula is C24H19ClFN3O3. The molecule has 0 bridgehead atoms. The van der Waals surface area contributed by atoms with E-state index in [0.717, 1.165) is 0 Å². The third-order valence-electron chi connectivity index (χ3n) is 5.29. The Balaban J connectivity index is 1.76. The van der Waals surface area contributed by atoms with Crippen molar-refractivity contribution in [3.05, 3.63) is 106 Å². The molecule has 1 heterocycles. The first-order valence-electron chi connectivity index (χ1n) is 9.86. The van der Waals surface area contributed by atoms with Crippen molar-refractivity contribution >= 4 is 34.7 Å². The summed E-state index contributed by atoms with van der Waals surface area (Å²) in [5.41, 5.74) is 1.33. The Morgan fingerprint density at radius 2 is 1.69 bits per heavy atom. The van der Waals surface area contributed by atoms with Gasteiger partial charge in [-0.15, -0.1) is 0 Å². The summed E-state index contributed by atoms with van der Waals surface area (Å²) in [7, 11) is 1.54. The van der Waals surface area contributed by atoms with E-state index in [1.54, 1.807) is 54.6 Å². The summed E-state index contributed by atoms with van der Waals surface area (Å²) in [5, 5.41) is 16.7. The average Bonchev–Trinajstić information content (AvgIpc) is 2.87. The van der Waals surface area contributed by atoms with E-state index < -0.39 is 17.9 Å². The lowest BCUT2D eigenvalue weighted by Gasteiger charge is -2.21. The normalized spacial score (nSPS) is 16.0. The molecule has 1 aliphatic heterocycles. The number of carbonyl (C=O) groups excluding carboxylic acids is 2. The van der Waals surface area contributed by atoms with Crippen LogP contribution in [0.1, 0.15) is 21.5 Å². The highest BCUT2D eigenvalue weighted by Crippen LogP contribution is 2.27. The van der Waals surface area contributed by atoms with Crippen molar-refractivity contribution in [3.63, 3.8) is 0 Å². The summed E-state index contributed by atoms with van der Waals surface area (Å²) in [6, 6.07) is 19.0. The van der Waals surface area contributed by atoms with Crippen molar-refractivity contribution in [1.82, 2.24) is 5.32 Å². The van der Waals surface area contributed by atoms with E-state index in [-0.39, 0.29) is 23.6 Å². The zero-order chi connectivity index (χ0) is 22.8. The zero-order valence-electron chi connectivity index (χ0n) is 17.1. The maximum Gasteiger partial charge on any atom is 0.313 e. The van der Waals surface area contributed by atoms with Gasteiger partial charge in [0.2, 0.25) is 5.71 Å². The number of nitrogens with one attached hydrogen (secondary N) is 1. The highest BCUT2D eigenvalue weighted by molar-refractivity contribution is 6.30. The molecule has 8 heteroatoms. The second kappa shape index (κ2) is 8.90. The van der Waals surface area contributed by atoms with E-state index in [9.17, 15) is 19.2 Å². The number of ketones is 1. The van der Waals surface area contributed by atoms with E-state index in [0.29, 0.717) is 26.6 Å². The van der Waals surface area contributed by atoms with Gasteiger partial charge in [-0.1, -0.05) is 35.9 Å². The molecule has 162 valence electrons. The molecule has 4 rings (SSSR count). The maximum atomic E-state index is 14.7. The fourth-order valence-corrected chi connectivity index (χ4v) is 3.76. The van der Waals surface area contributed by atoms with E-state index in [4.69, 9.17) is 11.6 Å². The molecule has 1 unspecified atom stereocenters. The minimum Gasteiger partial charge on any atom is -0.622 e. The van der Waals surface area contributed by atoms with Gasteiger partial charge in [0, 0.05) is 17.6 Å². The van der Waals surface area contributed by atoms with Crippen molar-refractivity contribution in [1.29, 1.82) is 0 Å². The SMILES string of the molecule is CN1C(=O)C(NCC(=O)c2ccc(Cl)cc2)[N+]([O-])=C(c2ccccc2F)c2ccccc21. The number of benzodiazepines with no additional fused rings is 1. The van der Waals surface area contributed by atoms with Crippen LogP contribution in [-0.2, 0) is 4.79 Å². The summed E-state index contributed by atoms with van der Waals surface area (Å²) < 4.78 is 15.1. The molecule has 0 saturated heterocycles. The summed E-state index contributed by atoms with van der Waals surface area (Å²) in [6.07, 6.45) is -1.43. The average molecular weight is 452 g/mol. The first-order valence-corrected chi connectivity index (χ1v) is 10.2. The van der Waals surface area contributed by atoms with Crippen LogP contribution >= 0.6 is 11.6 Å². The van der Waals surface area contributed by atoms with Gasteiger partial charge in [0.25, 0.3) is 6.17 Å². The van der Waals surface area contributed by atoms with Crippen molar-refractivity contribution < 1.29 is 18.7 Å². The van der Waals surface area contributed by atoms with Crippen molar-refractivity contribution in [3.8, 4) is 0 Å². The number of nitrogens with zero attached hydrogens (tertiary/aromatic N) is 2. The minimum atomic E-state index is -1.43. The molecule has 32 heavy (non-hydrogen) atoms. The molecule has 0 spiro atoms. The first kappa shape index (κ1) is 21.7. The highest BCUT2D eigenvalue weighted by atomic mass is 35.5. The van der Waals surface area contributed by atoms with Crippen molar-refractivity contribution in [2.24, 2.45) is 0 Å². The molecule has 1 amide bonds. The van der Waals surface area contributed by atoms with Crippen LogP contribution in [0, 0.1) is 11.0 Å². The fourth-order valence-electron chi connectivity index (χ4n) is 3.63. The molecule has 1 atom stereocenters. The van der Waals surface area contributed by atoms with Crippen LogP contribution < -0.4 is 10.2 Å². The van der Waals surface area contributed by atoms with Crippen LogP contribution in [0.5, 0.6) is 0 Å². The lowest BCUT2D eigenvalue weighted by Crippen LogP contribution is -2.51. The zero-order valence-corrected chi connectivity index (χ0v) is 17.8. The van der Waals surface area contributed by atoms with Crippen molar-refractivity contribution in [2.45, 2.75) is 6.17 Å². The van der Waals surface area contributed by atoms with E-state index in [2.05, 4.69) is 5.32 Å². The molecule has 0 saturated carbocycles. The Bertz CT molecular complexity index is 1230. The molecule has 3 aromatic carbocycles. The van der Waals surface area contributed by atoms with Crippen LogP contribution in [0.3, 0.4) is 0 Å². The van der Waals surface area contributed by atoms with E-state index in [1.165, 1.54) is 30.1 Å². The Labute approximate surface area is 189 Å². The molecule has 0 fully saturated rings. The molecule has 1 N–H and O–H groups in total. The quantitative estimate of drug-likeness (QED) is 0.365. The number of fused-ring (bicyclic) bond motifs is 1. The monoisotopic (exact) mass is 451 g/mol. The Kier molecular flexibility index (Phi) is 6.03. The lowest BCUT2D eigenvalue weighted by atomic mass is 10.00. The number of benzene rings is 3. The number of Topliss-reactive ketones (excluding diaryl/α,β-unsaturated/α-hetero) is 1. The van der Waals surface area contributed by atoms with Gasteiger partial charge in [-0.05, 0) is 48.5 Å². The van der Waals surface area contributed by atoms with Crippen LogP contribution in [0.25, 0.3) is 0 Å². The summed E-state index contributed by atoms with van der Waals surface area (Å²) in [4.78, 5) is 27.1. The Morgan fingerprint density at radius 3 is 2.38 bits per heavy atom. The molecule has 0 aliphatic carbocycles. The Hall–Kier alpha value is -3.55. The number of amides is 1. The van der Waals surface area contributed by atoms with Crippen LogP contribution in [-0.4, -0.2) is 41.9 Å². The molecular weight excluding hydrogens is 433 g/mol. The van der Waals surface area contributed by atoms with Gasteiger partial charge in [-0.3, -0.25) is 9.59 Å². The minimum absolute atomic E-state index is 0.00726. The van der Waals surface area contributed by atoms with Gasteiger partial charge in [0.1, 0.15) is 5.82 Å². The first-order chi connectivity index (χ1) is 15.4. The highest BCUT2D eigenvalue weighted by Gasteiger charge is 2.39. The molecule has 6 nitrogen and oxygen atoms in total. The fraction of sp³-hybridized carbons (Fsp3) is 0.125. The number of hydroxylamine groups is 1. The number of para-hydroxylation sites is 1. The summed E-state index contributed by atoms with van der Waals surface area (Å²) >= 11 is 5.86. The van der Waals surface area contributed by atoms with Crippen LogP contribution in [0.4, 0.5) is 10.1 Å². The second-order valence-corrected chi connectivity index (χ2v) is 7.72. The molecule has 3 aromatic rings. The van der Waals surface area contributed by atoms with E-state index in [1.807, 2.05) is 0 Å². The lowest BCUT2D eigenvalue weighted by molar-refractivity contribution is -0.491. The van der Waals surface area contributed by atoms with Gasteiger partial charge in [0.05, 0.1) is 23.4 Å². The van der Waals surface area contributed by atoms with Gasteiger partial charge in [-0.25, -0.2) is 9.71 Å². The Morgan fingerprint density at radius 1 is 1.06 bits per heavy atom.